The fraction of sp³-hybridized carbons (Fsp3) is 0.765. The molecule has 0 aliphatic carbocycles. The lowest BCUT2D eigenvalue weighted by Crippen LogP contribution is -2.60. The van der Waals surface area contributed by atoms with Gasteiger partial charge in [-0.2, -0.15) is 0 Å². The summed E-state index contributed by atoms with van der Waals surface area (Å²) in [5.74, 6) is -0.0154. The topological polar surface area (TPSA) is 70.4 Å². The maximum atomic E-state index is 11.2. The van der Waals surface area contributed by atoms with E-state index in [0.29, 0.717) is 13.1 Å². The SMILES string of the molecule is CC(=O)NCCc1cn(C[C@]2(O)CCCN3CCCC[C@@H]32)cn1. The van der Waals surface area contributed by atoms with E-state index in [9.17, 15) is 9.90 Å². The molecule has 23 heavy (non-hydrogen) atoms. The summed E-state index contributed by atoms with van der Waals surface area (Å²) in [6, 6.07) is 0.287. The Morgan fingerprint density at radius 2 is 2.26 bits per heavy atom. The highest BCUT2D eigenvalue weighted by molar-refractivity contribution is 5.72. The summed E-state index contributed by atoms with van der Waals surface area (Å²) in [6.45, 7) is 4.99. The van der Waals surface area contributed by atoms with Crippen LogP contribution in [-0.2, 0) is 17.8 Å². The van der Waals surface area contributed by atoms with Gasteiger partial charge >= 0.3 is 0 Å². The van der Waals surface area contributed by atoms with E-state index in [1.807, 2.05) is 17.1 Å². The van der Waals surface area contributed by atoms with Crippen LogP contribution >= 0.6 is 0 Å². The standard InChI is InChI=1S/C17H28N4O2/c1-14(22)18-8-6-15-11-20(13-19-15)12-17(23)7-4-10-21-9-3-2-5-16(17)21/h11,13,16,23H,2-10,12H2,1H3,(H,18,22)/t16-,17-/m1/s1. The molecular formula is C17H28N4O2. The second-order valence-corrected chi connectivity index (χ2v) is 7.02. The van der Waals surface area contributed by atoms with Crippen molar-refractivity contribution < 1.29 is 9.90 Å². The minimum atomic E-state index is -0.645. The van der Waals surface area contributed by atoms with Crippen LogP contribution in [0.5, 0.6) is 0 Å². The highest BCUT2D eigenvalue weighted by Crippen LogP contribution is 2.35. The molecule has 1 amide bonds. The first kappa shape index (κ1) is 16.5. The highest BCUT2D eigenvalue weighted by Gasteiger charge is 2.44. The van der Waals surface area contributed by atoms with Gasteiger partial charge in [0.05, 0.1) is 24.2 Å². The maximum absolute atomic E-state index is 11.2. The molecule has 2 N–H and O–H groups in total. The number of hydrogen-bond donors (Lipinski definition) is 2. The predicted molar refractivity (Wildman–Crippen MR) is 88.0 cm³/mol. The third kappa shape index (κ3) is 3.93. The molecule has 0 aromatic carbocycles. The monoisotopic (exact) mass is 320 g/mol. The van der Waals surface area contributed by atoms with Crippen molar-refractivity contribution in [2.24, 2.45) is 0 Å². The van der Waals surface area contributed by atoms with Gasteiger partial charge in [0.1, 0.15) is 0 Å². The molecule has 6 nitrogen and oxygen atoms in total. The second-order valence-electron chi connectivity index (χ2n) is 7.02. The summed E-state index contributed by atoms with van der Waals surface area (Å²) in [5, 5.41) is 14.0. The van der Waals surface area contributed by atoms with Crippen LogP contribution in [0.4, 0.5) is 0 Å². The molecule has 0 saturated carbocycles. The van der Waals surface area contributed by atoms with Gasteiger partial charge in [0.15, 0.2) is 0 Å². The minimum absolute atomic E-state index is 0.0154. The van der Waals surface area contributed by atoms with E-state index >= 15 is 0 Å². The van der Waals surface area contributed by atoms with Gasteiger partial charge in [0.2, 0.25) is 5.91 Å². The van der Waals surface area contributed by atoms with E-state index in [-0.39, 0.29) is 11.9 Å². The van der Waals surface area contributed by atoms with Crippen LogP contribution in [0, 0.1) is 0 Å². The van der Waals surface area contributed by atoms with Crippen LogP contribution in [0.25, 0.3) is 0 Å². The lowest BCUT2D eigenvalue weighted by molar-refractivity contribution is -0.118. The number of rotatable bonds is 5. The summed E-state index contributed by atoms with van der Waals surface area (Å²) in [6.07, 6.45) is 10.0. The molecule has 2 aliphatic heterocycles. The average molecular weight is 320 g/mol. The number of piperidine rings is 2. The number of hydrogen-bond acceptors (Lipinski definition) is 4. The summed E-state index contributed by atoms with van der Waals surface area (Å²) >= 11 is 0. The number of aromatic nitrogens is 2. The number of aliphatic hydroxyl groups is 1. The summed E-state index contributed by atoms with van der Waals surface area (Å²) < 4.78 is 2.02. The van der Waals surface area contributed by atoms with Crippen molar-refractivity contribution in [3.8, 4) is 0 Å². The van der Waals surface area contributed by atoms with E-state index in [0.717, 1.165) is 44.5 Å². The first-order chi connectivity index (χ1) is 11.1. The van der Waals surface area contributed by atoms with Gasteiger partial charge in [-0.3, -0.25) is 9.69 Å². The number of fused-ring (bicyclic) bond motifs is 1. The van der Waals surface area contributed by atoms with Crippen molar-refractivity contribution in [1.29, 1.82) is 0 Å². The van der Waals surface area contributed by atoms with E-state index in [1.165, 1.54) is 19.8 Å². The zero-order chi connectivity index (χ0) is 16.3. The van der Waals surface area contributed by atoms with E-state index in [2.05, 4.69) is 15.2 Å². The number of carbonyl (C=O) groups excluding carboxylic acids is 1. The second kappa shape index (κ2) is 7.01. The molecule has 0 unspecified atom stereocenters. The number of amides is 1. The quantitative estimate of drug-likeness (QED) is 0.847. The smallest absolute Gasteiger partial charge is 0.216 e. The van der Waals surface area contributed by atoms with E-state index in [1.54, 1.807) is 0 Å². The van der Waals surface area contributed by atoms with E-state index in [4.69, 9.17) is 0 Å². The summed E-state index contributed by atoms with van der Waals surface area (Å²) in [7, 11) is 0. The Kier molecular flexibility index (Phi) is 5.02. The summed E-state index contributed by atoms with van der Waals surface area (Å²) in [5.41, 5.74) is 0.313. The number of carbonyl (C=O) groups is 1. The third-order valence-electron chi connectivity index (χ3n) is 5.19. The van der Waals surface area contributed by atoms with Crippen molar-refractivity contribution in [2.45, 2.75) is 63.6 Å². The minimum Gasteiger partial charge on any atom is -0.386 e. The molecule has 6 heteroatoms. The molecular weight excluding hydrogens is 292 g/mol. The van der Waals surface area contributed by atoms with Crippen molar-refractivity contribution in [3.63, 3.8) is 0 Å². The fourth-order valence-corrected chi connectivity index (χ4v) is 4.11. The number of imidazole rings is 1. The molecule has 128 valence electrons. The molecule has 1 aromatic heterocycles. The predicted octanol–water partition coefficient (Wildman–Crippen LogP) is 0.941. The molecule has 0 spiro atoms. The van der Waals surface area contributed by atoms with Crippen LogP contribution in [-0.4, -0.2) is 56.7 Å². The lowest BCUT2D eigenvalue weighted by atomic mass is 9.79. The molecule has 2 aliphatic rings. The Morgan fingerprint density at radius 1 is 1.43 bits per heavy atom. The first-order valence-electron chi connectivity index (χ1n) is 8.78. The molecule has 0 radical (unpaired) electrons. The first-order valence-corrected chi connectivity index (χ1v) is 8.78. The van der Waals surface area contributed by atoms with Gasteiger partial charge < -0.3 is 15.0 Å². The van der Waals surface area contributed by atoms with Crippen molar-refractivity contribution in [2.75, 3.05) is 19.6 Å². The van der Waals surface area contributed by atoms with Crippen molar-refractivity contribution >= 4 is 5.91 Å². The van der Waals surface area contributed by atoms with Crippen LogP contribution in [0.15, 0.2) is 12.5 Å². The highest BCUT2D eigenvalue weighted by atomic mass is 16.3. The zero-order valence-corrected chi connectivity index (χ0v) is 14.0. The largest absolute Gasteiger partial charge is 0.386 e. The number of nitrogens with zero attached hydrogens (tertiary/aromatic N) is 3. The van der Waals surface area contributed by atoms with Crippen LogP contribution in [0.3, 0.4) is 0 Å². The Morgan fingerprint density at radius 3 is 3.09 bits per heavy atom. The molecule has 1 aromatic rings. The van der Waals surface area contributed by atoms with E-state index < -0.39 is 5.60 Å². The summed E-state index contributed by atoms with van der Waals surface area (Å²) in [4.78, 5) is 17.8. The Hall–Kier alpha value is -1.40. The van der Waals surface area contributed by atoms with Gasteiger partial charge in [0.25, 0.3) is 0 Å². The molecule has 3 rings (SSSR count). The molecule has 3 heterocycles. The molecule has 2 atom stereocenters. The van der Waals surface area contributed by atoms with Gasteiger partial charge in [-0.1, -0.05) is 6.42 Å². The normalized spacial score (nSPS) is 28.3. The third-order valence-corrected chi connectivity index (χ3v) is 5.19. The van der Waals surface area contributed by atoms with Crippen LogP contribution in [0.2, 0.25) is 0 Å². The van der Waals surface area contributed by atoms with Gasteiger partial charge in [-0.05, 0) is 38.8 Å². The fourth-order valence-electron chi connectivity index (χ4n) is 4.11. The van der Waals surface area contributed by atoms with Gasteiger partial charge in [-0.15, -0.1) is 0 Å². The maximum Gasteiger partial charge on any atom is 0.216 e. The Labute approximate surface area is 137 Å². The molecule has 0 bridgehead atoms. The van der Waals surface area contributed by atoms with Crippen LogP contribution < -0.4 is 5.32 Å². The van der Waals surface area contributed by atoms with Crippen molar-refractivity contribution in [3.05, 3.63) is 18.2 Å². The van der Waals surface area contributed by atoms with Gasteiger partial charge in [-0.25, -0.2) is 4.98 Å². The zero-order valence-electron chi connectivity index (χ0n) is 14.0. The van der Waals surface area contributed by atoms with Crippen molar-refractivity contribution in [1.82, 2.24) is 19.8 Å². The Bertz CT molecular complexity index is 542. The Balaban J connectivity index is 1.61. The number of nitrogens with one attached hydrogen (secondary N) is 1. The van der Waals surface area contributed by atoms with Crippen LogP contribution in [0.1, 0.15) is 44.7 Å². The molecule has 2 saturated heterocycles. The lowest BCUT2D eigenvalue weighted by Gasteiger charge is -2.49. The molecule has 2 fully saturated rings. The average Bonchev–Trinajstić information content (AvgIpc) is 2.94. The van der Waals surface area contributed by atoms with Gasteiger partial charge in [0, 0.05) is 32.1 Å².